The van der Waals surface area contributed by atoms with Gasteiger partial charge in [0.15, 0.2) is 0 Å². The van der Waals surface area contributed by atoms with Gasteiger partial charge in [0.25, 0.3) is 0 Å². The van der Waals surface area contributed by atoms with E-state index in [1.165, 1.54) is 5.82 Å². The van der Waals surface area contributed by atoms with Gasteiger partial charge in [0.2, 0.25) is 0 Å². The van der Waals surface area contributed by atoms with Crippen molar-refractivity contribution in [2.24, 2.45) is 0 Å². The van der Waals surface area contributed by atoms with Crippen molar-refractivity contribution in [2.45, 2.75) is 78.9 Å². The van der Waals surface area contributed by atoms with Crippen LogP contribution in [0, 0.1) is 0 Å². The fraction of sp³-hybridized carbons (Fsp3) is 0.812. The van der Waals surface area contributed by atoms with E-state index in [4.69, 9.17) is 0 Å². The summed E-state index contributed by atoms with van der Waals surface area (Å²) in [5, 5.41) is 0. The lowest BCUT2D eigenvalue weighted by Crippen LogP contribution is -2.53. The average molecular weight is 265 g/mol. The number of aromatic nitrogens is 2. The lowest BCUT2D eigenvalue weighted by molar-refractivity contribution is 0.0362. The molecule has 0 aromatic carbocycles. The van der Waals surface area contributed by atoms with Crippen molar-refractivity contribution < 1.29 is 0 Å². The first-order valence-corrected chi connectivity index (χ1v) is 7.44. The quantitative estimate of drug-likeness (QED) is 0.809. The van der Waals surface area contributed by atoms with Crippen LogP contribution in [0.15, 0.2) is 12.4 Å². The molecule has 0 saturated carbocycles. The molecule has 0 N–H and O–H groups in total. The maximum Gasteiger partial charge on any atom is 0.108 e. The molecule has 1 heterocycles. The summed E-state index contributed by atoms with van der Waals surface area (Å²) < 4.78 is 2.28. The molecule has 0 amide bonds. The number of hydrogen-bond acceptors (Lipinski definition) is 2. The fourth-order valence-electron chi connectivity index (χ4n) is 2.93. The van der Waals surface area contributed by atoms with E-state index < -0.39 is 0 Å². The molecule has 19 heavy (non-hydrogen) atoms. The topological polar surface area (TPSA) is 21.1 Å². The van der Waals surface area contributed by atoms with E-state index in [1.807, 2.05) is 6.20 Å². The van der Waals surface area contributed by atoms with Gasteiger partial charge < -0.3 is 4.57 Å². The molecule has 1 rings (SSSR count). The zero-order valence-corrected chi connectivity index (χ0v) is 13.8. The van der Waals surface area contributed by atoms with Crippen molar-refractivity contribution in [1.82, 2.24) is 14.5 Å². The van der Waals surface area contributed by atoms with Gasteiger partial charge in [0, 0.05) is 43.0 Å². The van der Waals surface area contributed by atoms with Crippen LogP contribution in [-0.2, 0) is 13.0 Å². The molecule has 0 atom stereocenters. The number of nitrogens with zero attached hydrogens (tertiary/aromatic N) is 3. The molecule has 1 aromatic heterocycles. The first-order chi connectivity index (χ1) is 8.66. The van der Waals surface area contributed by atoms with Gasteiger partial charge in [-0.3, -0.25) is 4.90 Å². The highest BCUT2D eigenvalue weighted by Crippen LogP contribution is 2.24. The summed E-state index contributed by atoms with van der Waals surface area (Å²) in [5.41, 5.74) is 0.418. The number of hydrogen-bond donors (Lipinski definition) is 0. The summed E-state index contributed by atoms with van der Waals surface area (Å²) >= 11 is 0. The third kappa shape index (κ3) is 4.64. The molecule has 3 heteroatoms. The van der Waals surface area contributed by atoms with Crippen LogP contribution in [0.25, 0.3) is 0 Å². The van der Waals surface area contributed by atoms with E-state index in [1.54, 1.807) is 0 Å². The third-order valence-electron chi connectivity index (χ3n) is 3.52. The van der Waals surface area contributed by atoms with E-state index in [9.17, 15) is 0 Å². The normalized spacial score (nSPS) is 13.3. The summed E-state index contributed by atoms with van der Waals surface area (Å²) in [4.78, 5) is 6.97. The van der Waals surface area contributed by atoms with Crippen molar-refractivity contribution in [2.75, 3.05) is 6.54 Å². The molecule has 0 bridgehead atoms. The van der Waals surface area contributed by atoms with Gasteiger partial charge >= 0.3 is 0 Å². The molecule has 0 aliphatic heterocycles. The first kappa shape index (κ1) is 16.2. The summed E-state index contributed by atoms with van der Waals surface area (Å²) in [6, 6.07) is 0. The molecular formula is C16H31N3. The number of aryl methyl sites for hydroxylation is 2. The maximum atomic E-state index is 4.38. The molecule has 0 saturated heterocycles. The second-order valence-electron chi connectivity index (χ2n) is 7.24. The molecule has 0 unspecified atom stereocenters. The highest BCUT2D eigenvalue weighted by Gasteiger charge is 2.30. The highest BCUT2D eigenvalue weighted by molar-refractivity contribution is 4.92. The average Bonchev–Trinajstić information content (AvgIpc) is 2.67. The Balaban J connectivity index is 2.59. The van der Waals surface area contributed by atoms with Crippen LogP contribution in [0.4, 0.5) is 0 Å². The number of rotatable bonds is 5. The smallest absolute Gasteiger partial charge is 0.108 e. The largest absolute Gasteiger partial charge is 0.335 e. The fourth-order valence-corrected chi connectivity index (χ4v) is 2.93. The van der Waals surface area contributed by atoms with E-state index in [0.29, 0.717) is 0 Å². The summed E-state index contributed by atoms with van der Waals surface area (Å²) in [6.45, 7) is 18.1. The van der Waals surface area contributed by atoms with Crippen LogP contribution >= 0.6 is 0 Å². The Hall–Kier alpha value is -0.830. The van der Waals surface area contributed by atoms with E-state index in [-0.39, 0.29) is 11.1 Å². The zero-order chi connectivity index (χ0) is 14.7. The lowest BCUT2D eigenvalue weighted by atomic mass is 9.95. The third-order valence-corrected chi connectivity index (χ3v) is 3.52. The molecule has 110 valence electrons. The molecule has 0 aliphatic carbocycles. The predicted octanol–water partition coefficient (Wildman–Crippen LogP) is 3.73. The second kappa shape index (κ2) is 6.08. The van der Waals surface area contributed by atoms with Gasteiger partial charge in [-0.15, -0.1) is 0 Å². The van der Waals surface area contributed by atoms with Crippen molar-refractivity contribution in [3.63, 3.8) is 0 Å². The Bertz CT molecular complexity index is 365. The van der Waals surface area contributed by atoms with Crippen LogP contribution in [0.3, 0.4) is 0 Å². The Kier molecular flexibility index (Phi) is 5.19. The maximum absolute atomic E-state index is 4.38. The van der Waals surface area contributed by atoms with Gasteiger partial charge in [-0.2, -0.15) is 0 Å². The molecule has 0 spiro atoms. The Labute approximate surface area is 119 Å². The van der Waals surface area contributed by atoms with Crippen LogP contribution in [-0.4, -0.2) is 32.1 Å². The van der Waals surface area contributed by atoms with Crippen LogP contribution in [0.1, 0.15) is 60.7 Å². The second-order valence-corrected chi connectivity index (χ2v) is 7.24. The SMILES string of the molecule is CCc1nccn1CCCN(C(C)(C)C)C(C)(C)C. The van der Waals surface area contributed by atoms with E-state index in [2.05, 4.69) is 69.1 Å². The Morgan fingerprint density at radius 2 is 1.68 bits per heavy atom. The molecular weight excluding hydrogens is 234 g/mol. The molecule has 3 nitrogen and oxygen atoms in total. The minimum Gasteiger partial charge on any atom is -0.335 e. The number of imidazole rings is 1. The van der Waals surface area contributed by atoms with Gasteiger partial charge in [-0.05, 0) is 48.0 Å². The Morgan fingerprint density at radius 3 is 2.16 bits per heavy atom. The monoisotopic (exact) mass is 265 g/mol. The zero-order valence-electron chi connectivity index (χ0n) is 13.8. The Morgan fingerprint density at radius 1 is 1.11 bits per heavy atom. The summed E-state index contributed by atoms with van der Waals surface area (Å²) in [7, 11) is 0. The van der Waals surface area contributed by atoms with Crippen molar-refractivity contribution in [3.8, 4) is 0 Å². The minimum atomic E-state index is 0.209. The highest BCUT2D eigenvalue weighted by atomic mass is 15.2. The van der Waals surface area contributed by atoms with Crippen molar-refractivity contribution in [3.05, 3.63) is 18.2 Å². The summed E-state index contributed by atoms with van der Waals surface area (Å²) in [5.74, 6) is 1.19. The van der Waals surface area contributed by atoms with Gasteiger partial charge in [-0.25, -0.2) is 4.98 Å². The van der Waals surface area contributed by atoms with Crippen LogP contribution in [0.5, 0.6) is 0 Å². The van der Waals surface area contributed by atoms with E-state index >= 15 is 0 Å². The molecule has 0 aliphatic rings. The lowest BCUT2D eigenvalue weighted by Gasteiger charge is -2.45. The molecule has 1 aromatic rings. The van der Waals surface area contributed by atoms with E-state index in [0.717, 1.165) is 25.9 Å². The van der Waals surface area contributed by atoms with Crippen molar-refractivity contribution in [1.29, 1.82) is 0 Å². The molecule has 0 radical (unpaired) electrons. The standard InChI is InChI=1S/C16H31N3/c1-8-14-17-10-13-18(14)11-9-12-19(15(2,3)4)16(5,6)7/h10,13H,8-9,11-12H2,1-7H3. The van der Waals surface area contributed by atoms with Gasteiger partial charge in [0.1, 0.15) is 5.82 Å². The first-order valence-electron chi connectivity index (χ1n) is 7.44. The molecule has 0 fully saturated rings. The van der Waals surface area contributed by atoms with Gasteiger partial charge in [-0.1, -0.05) is 6.92 Å². The van der Waals surface area contributed by atoms with Crippen LogP contribution < -0.4 is 0 Å². The predicted molar refractivity (Wildman–Crippen MR) is 82.4 cm³/mol. The van der Waals surface area contributed by atoms with Crippen LogP contribution in [0.2, 0.25) is 0 Å². The summed E-state index contributed by atoms with van der Waals surface area (Å²) in [6.07, 6.45) is 6.18. The van der Waals surface area contributed by atoms with Gasteiger partial charge in [0.05, 0.1) is 0 Å². The minimum absolute atomic E-state index is 0.209. The van der Waals surface area contributed by atoms with Crippen molar-refractivity contribution >= 4 is 0 Å².